The van der Waals surface area contributed by atoms with Crippen LogP contribution in [0, 0.1) is 31.6 Å². The van der Waals surface area contributed by atoms with Crippen LogP contribution in [0.4, 0.5) is 0 Å². The summed E-state index contributed by atoms with van der Waals surface area (Å²) < 4.78 is 0. The molecule has 1 aliphatic rings. The van der Waals surface area contributed by atoms with Crippen LogP contribution in [0.2, 0.25) is 0 Å². The first-order valence-electron chi connectivity index (χ1n) is 12.5. The van der Waals surface area contributed by atoms with Crippen molar-refractivity contribution in [3.8, 4) is 11.1 Å². The molecule has 0 N–H and O–H groups in total. The molecule has 0 spiro atoms. The Morgan fingerprint density at radius 3 is 2.36 bits per heavy atom. The van der Waals surface area contributed by atoms with E-state index in [1.54, 1.807) is 0 Å². The maximum Gasteiger partial charge on any atom is 0.163 e. The molecular formula is C30H38O3. The molecule has 3 unspecified atom stereocenters. The molecule has 176 valence electrons. The minimum absolute atomic E-state index is 0.0295. The number of rotatable bonds is 10. The quantitative estimate of drug-likeness (QED) is 0.366. The summed E-state index contributed by atoms with van der Waals surface area (Å²) in [6, 6.07) is 12.6. The first-order chi connectivity index (χ1) is 15.8. The summed E-state index contributed by atoms with van der Waals surface area (Å²) in [5.41, 5.74) is 6.66. The molecule has 0 saturated heterocycles. The monoisotopic (exact) mass is 446 g/mol. The number of hydrogen-bond acceptors (Lipinski definition) is 3. The van der Waals surface area contributed by atoms with Crippen LogP contribution in [-0.2, 0) is 16.0 Å². The molecule has 3 atom stereocenters. The van der Waals surface area contributed by atoms with Gasteiger partial charge in [-0.25, -0.2) is 0 Å². The van der Waals surface area contributed by atoms with E-state index in [4.69, 9.17) is 0 Å². The lowest BCUT2D eigenvalue weighted by atomic mass is 9.70. The summed E-state index contributed by atoms with van der Waals surface area (Å²) >= 11 is 0. The fourth-order valence-corrected chi connectivity index (χ4v) is 5.81. The molecule has 3 heteroatoms. The molecule has 0 saturated carbocycles. The van der Waals surface area contributed by atoms with Gasteiger partial charge in [-0.15, -0.1) is 0 Å². The maximum absolute atomic E-state index is 13.4. The largest absolute Gasteiger partial charge is 0.300 e. The number of aryl methyl sites for hydroxylation is 1. The molecular weight excluding hydrogens is 408 g/mol. The Balaban J connectivity index is 1.94. The maximum atomic E-state index is 13.4. The van der Waals surface area contributed by atoms with E-state index in [0.29, 0.717) is 6.42 Å². The van der Waals surface area contributed by atoms with Gasteiger partial charge < -0.3 is 0 Å². The van der Waals surface area contributed by atoms with Crippen LogP contribution in [0.1, 0.15) is 86.3 Å². The van der Waals surface area contributed by atoms with Crippen molar-refractivity contribution in [2.24, 2.45) is 17.8 Å². The highest BCUT2D eigenvalue weighted by Crippen LogP contribution is 2.40. The van der Waals surface area contributed by atoms with Gasteiger partial charge in [-0.1, -0.05) is 63.1 Å². The molecule has 0 bridgehead atoms. The van der Waals surface area contributed by atoms with Gasteiger partial charge in [0, 0.05) is 17.9 Å². The molecule has 33 heavy (non-hydrogen) atoms. The highest BCUT2D eigenvalue weighted by molar-refractivity contribution is 6.02. The number of carbonyl (C=O) groups excluding carboxylic acids is 3. The molecule has 2 aromatic carbocycles. The number of benzene rings is 2. The van der Waals surface area contributed by atoms with Gasteiger partial charge in [-0.2, -0.15) is 0 Å². The SMILES string of the molecule is CCCC(CC1CC(=O)c2c(C)c(C)cc(-c3ccccc3)c2C1)C(CC)C(=O)CC(C)=O. The van der Waals surface area contributed by atoms with E-state index in [1.807, 2.05) is 25.1 Å². The molecule has 0 amide bonds. The number of carbonyl (C=O) groups is 3. The van der Waals surface area contributed by atoms with E-state index in [2.05, 4.69) is 39.0 Å². The molecule has 0 aromatic heterocycles. The fourth-order valence-electron chi connectivity index (χ4n) is 5.81. The van der Waals surface area contributed by atoms with E-state index in [0.717, 1.165) is 54.4 Å². The van der Waals surface area contributed by atoms with Gasteiger partial charge in [0.1, 0.15) is 11.6 Å². The van der Waals surface area contributed by atoms with Gasteiger partial charge in [-0.3, -0.25) is 14.4 Å². The summed E-state index contributed by atoms with van der Waals surface area (Å²) in [4.78, 5) is 37.8. The van der Waals surface area contributed by atoms with Gasteiger partial charge >= 0.3 is 0 Å². The van der Waals surface area contributed by atoms with Crippen LogP contribution in [0.5, 0.6) is 0 Å². The van der Waals surface area contributed by atoms with E-state index in [9.17, 15) is 14.4 Å². The van der Waals surface area contributed by atoms with Crippen molar-refractivity contribution in [1.29, 1.82) is 0 Å². The van der Waals surface area contributed by atoms with E-state index < -0.39 is 0 Å². The Kier molecular flexibility index (Phi) is 8.40. The summed E-state index contributed by atoms with van der Waals surface area (Å²) in [6.45, 7) is 9.84. The van der Waals surface area contributed by atoms with Crippen molar-refractivity contribution in [2.75, 3.05) is 0 Å². The lowest BCUT2D eigenvalue weighted by Gasteiger charge is -2.33. The van der Waals surface area contributed by atoms with Crippen LogP contribution in [-0.4, -0.2) is 17.3 Å². The third-order valence-electron chi connectivity index (χ3n) is 7.43. The zero-order valence-corrected chi connectivity index (χ0v) is 20.9. The van der Waals surface area contributed by atoms with Gasteiger partial charge in [0.2, 0.25) is 0 Å². The number of fused-ring (bicyclic) bond motifs is 1. The molecule has 2 aromatic rings. The Hall–Kier alpha value is -2.55. The van der Waals surface area contributed by atoms with E-state index >= 15 is 0 Å². The Bertz CT molecular complexity index is 1020. The molecule has 0 heterocycles. The molecule has 0 aliphatic heterocycles. The Morgan fingerprint density at radius 2 is 1.76 bits per heavy atom. The van der Waals surface area contributed by atoms with E-state index in [-0.39, 0.29) is 41.5 Å². The third-order valence-corrected chi connectivity index (χ3v) is 7.43. The second kappa shape index (κ2) is 11.0. The highest BCUT2D eigenvalue weighted by atomic mass is 16.1. The van der Waals surface area contributed by atoms with Crippen molar-refractivity contribution in [2.45, 2.75) is 79.6 Å². The first kappa shape index (κ1) is 25.1. The topological polar surface area (TPSA) is 51.2 Å². The molecule has 3 nitrogen and oxygen atoms in total. The average molecular weight is 447 g/mol. The minimum Gasteiger partial charge on any atom is -0.300 e. The summed E-state index contributed by atoms with van der Waals surface area (Å²) in [6.07, 6.45) is 5.01. The Morgan fingerprint density at radius 1 is 1.06 bits per heavy atom. The third kappa shape index (κ3) is 5.69. The van der Waals surface area contributed by atoms with Crippen LogP contribution < -0.4 is 0 Å². The summed E-state index contributed by atoms with van der Waals surface area (Å²) in [5, 5.41) is 0. The highest BCUT2D eigenvalue weighted by Gasteiger charge is 2.34. The van der Waals surface area contributed by atoms with Crippen molar-refractivity contribution < 1.29 is 14.4 Å². The first-order valence-corrected chi connectivity index (χ1v) is 12.5. The lowest BCUT2D eigenvalue weighted by Crippen LogP contribution is -2.30. The van der Waals surface area contributed by atoms with Crippen molar-refractivity contribution in [3.63, 3.8) is 0 Å². The number of ketones is 3. The molecule has 1 aliphatic carbocycles. The lowest BCUT2D eigenvalue weighted by molar-refractivity contribution is -0.129. The van der Waals surface area contributed by atoms with Crippen molar-refractivity contribution >= 4 is 17.3 Å². The normalized spacial score (nSPS) is 17.4. The molecule has 3 rings (SSSR count). The standard InChI is InChI=1S/C30H38O3/c1-6-11-24(25(7-2)28(32)15-20(4)31)16-22-17-27-26(23-12-9-8-10-13-23)14-19(3)21(5)30(27)29(33)18-22/h8-10,12-14,22,24-25H,6-7,11,15-18H2,1-5H3. The summed E-state index contributed by atoms with van der Waals surface area (Å²) in [7, 11) is 0. The predicted octanol–water partition coefficient (Wildman–Crippen LogP) is 7.10. The minimum atomic E-state index is -0.0984. The summed E-state index contributed by atoms with van der Waals surface area (Å²) in [5.74, 6) is 0.594. The van der Waals surface area contributed by atoms with Crippen LogP contribution in [0.3, 0.4) is 0 Å². The van der Waals surface area contributed by atoms with Crippen molar-refractivity contribution in [3.05, 3.63) is 58.7 Å². The van der Waals surface area contributed by atoms with Crippen LogP contribution >= 0.6 is 0 Å². The number of hydrogen-bond donors (Lipinski definition) is 0. The van der Waals surface area contributed by atoms with E-state index in [1.165, 1.54) is 18.1 Å². The van der Waals surface area contributed by atoms with Crippen LogP contribution in [0.15, 0.2) is 36.4 Å². The zero-order valence-electron chi connectivity index (χ0n) is 20.9. The van der Waals surface area contributed by atoms with Crippen LogP contribution in [0.25, 0.3) is 11.1 Å². The fraction of sp³-hybridized carbons (Fsp3) is 0.500. The molecule has 0 radical (unpaired) electrons. The van der Waals surface area contributed by atoms with Gasteiger partial charge in [0.25, 0.3) is 0 Å². The Labute approximate surface area is 199 Å². The second-order valence-electron chi connectivity index (χ2n) is 9.93. The number of Topliss-reactive ketones (excluding diaryl/α,β-unsaturated/α-hetero) is 3. The second-order valence-corrected chi connectivity index (χ2v) is 9.93. The van der Waals surface area contributed by atoms with Gasteiger partial charge in [-0.05, 0) is 79.7 Å². The molecule has 0 fully saturated rings. The average Bonchev–Trinajstić information content (AvgIpc) is 2.76. The van der Waals surface area contributed by atoms with Crippen molar-refractivity contribution in [1.82, 2.24) is 0 Å². The van der Waals surface area contributed by atoms with Gasteiger partial charge in [0.05, 0.1) is 6.42 Å². The predicted molar refractivity (Wildman–Crippen MR) is 135 cm³/mol. The smallest absolute Gasteiger partial charge is 0.163 e. The van der Waals surface area contributed by atoms with Gasteiger partial charge in [0.15, 0.2) is 5.78 Å². The zero-order chi connectivity index (χ0) is 24.1.